The predicted octanol–water partition coefficient (Wildman–Crippen LogP) is 5.80. The van der Waals surface area contributed by atoms with Crippen molar-refractivity contribution in [3.05, 3.63) is 82.0 Å². The van der Waals surface area contributed by atoms with E-state index in [0.717, 1.165) is 52.2 Å². The zero-order valence-electron chi connectivity index (χ0n) is 24.2. The highest BCUT2D eigenvalue weighted by Gasteiger charge is 2.32. The van der Waals surface area contributed by atoms with Crippen LogP contribution in [0.5, 0.6) is 0 Å². The average Bonchev–Trinajstić information content (AvgIpc) is 3.37. The van der Waals surface area contributed by atoms with Gasteiger partial charge in [0.1, 0.15) is 5.00 Å². The molecule has 0 saturated heterocycles. The largest absolute Gasteiger partial charge is 0.465 e. The third-order valence-electron chi connectivity index (χ3n) is 8.20. The maximum atomic E-state index is 13.8. The van der Waals surface area contributed by atoms with E-state index in [4.69, 9.17) is 14.5 Å². The van der Waals surface area contributed by atoms with Crippen LogP contribution >= 0.6 is 11.3 Å². The number of aryl methyl sites for hydroxylation is 1. The maximum Gasteiger partial charge on any atom is 0.341 e. The lowest BCUT2D eigenvalue weighted by atomic mass is 9.89. The third-order valence-corrected chi connectivity index (χ3v) is 9.38. The van der Waals surface area contributed by atoms with E-state index >= 15 is 0 Å². The first-order valence-corrected chi connectivity index (χ1v) is 15.1. The topological polar surface area (TPSA) is 97.8 Å². The van der Waals surface area contributed by atoms with Gasteiger partial charge in [0.2, 0.25) is 0 Å². The number of hydrogen-bond acceptors (Lipinski definition) is 8. The number of amides is 1. The molecule has 3 heterocycles. The minimum atomic E-state index is -1.11. The molecule has 1 atom stereocenters. The van der Waals surface area contributed by atoms with Crippen molar-refractivity contribution in [1.82, 2.24) is 9.88 Å². The van der Waals surface area contributed by atoms with Crippen LogP contribution in [0, 0.1) is 0 Å². The van der Waals surface area contributed by atoms with E-state index < -0.39 is 23.9 Å². The lowest BCUT2D eigenvalue weighted by Crippen LogP contribution is -2.37. The van der Waals surface area contributed by atoms with Gasteiger partial charge in [0.05, 0.1) is 23.8 Å². The molecule has 9 heteroatoms. The summed E-state index contributed by atoms with van der Waals surface area (Å²) in [5.74, 6) is -1.58. The van der Waals surface area contributed by atoms with Crippen molar-refractivity contribution in [2.75, 3.05) is 19.0 Å². The molecule has 0 saturated carbocycles. The highest BCUT2D eigenvalue weighted by Crippen LogP contribution is 2.45. The van der Waals surface area contributed by atoms with E-state index in [1.54, 1.807) is 6.92 Å². The van der Waals surface area contributed by atoms with Crippen LogP contribution in [0.3, 0.4) is 0 Å². The monoisotopic (exact) mass is 583 g/mol. The number of pyridine rings is 1. The van der Waals surface area contributed by atoms with Crippen LogP contribution in [0.1, 0.15) is 63.9 Å². The fraction of sp³-hybridized carbons (Fsp3) is 0.333. The Morgan fingerprint density at radius 3 is 2.48 bits per heavy atom. The molecule has 42 heavy (non-hydrogen) atoms. The smallest absolute Gasteiger partial charge is 0.341 e. The summed E-state index contributed by atoms with van der Waals surface area (Å²) in [6, 6.07) is 15.9. The van der Waals surface area contributed by atoms with Crippen LogP contribution in [-0.2, 0) is 40.1 Å². The Morgan fingerprint density at radius 2 is 1.69 bits per heavy atom. The number of para-hydroxylation sites is 1. The lowest BCUT2D eigenvalue weighted by molar-refractivity contribution is -0.123. The van der Waals surface area contributed by atoms with Gasteiger partial charge in [-0.05, 0) is 56.4 Å². The number of nitrogens with zero attached hydrogens (tertiary/aromatic N) is 2. The number of anilines is 1. The quantitative estimate of drug-likeness (QED) is 0.287. The van der Waals surface area contributed by atoms with Gasteiger partial charge < -0.3 is 14.8 Å². The van der Waals surface area contributed by atoms with E-state index in [9.17, 15) is 14.4 Å². The Morgan fingerprint density at radius 1 is 0.929 bits per heavy atom. The van der Waals surface area contributed by atoms with Crippen molar-refractivity contribution in [2.45, 2.75) is 58.7 Å². The van der Waals surface area contributed by atoms with Gasteiger partial charge in [0.15, 0.2) is 6.10 Å². The van der Waals surface area contributed by atoms with Gasteiger partial charge in [-0.2, -0.15) is 0 Å². The summed E-state index contributed by atoms with van der Waals surface area (Å²) in [5, 5.41) is 3.98. The van der Waals surface area contributed by atoms with Gasteiger partial charge in [0.25, 0.3) is 5.91 Å². The molecule has 0 fully saturated rings. The van der Waals surface area contributed by atoms with Gasteiger partial charge in [0, 0.05) is 47.1 Å². The molecule has 1 unspecified atom stereocenters. The first kappa shape index (κ1) is 28.1. The Kier molecular flexibility index (Phi) is 7.55. The molecular formula is C33H33N3O5S. The average molecular weight is 584 g/mol. The van der Waals surface area contributed by atoms with Crippen molar-refractivity contribution in [1.29, 1.82) is 0 Å². The van der Waals surface area contributed by atoms with Gasteiger partial charge >= 0.3 is 11.9 Å². The molecule has 4 aromatic rings. The van der Waals surface area contributed by atoms with Crippen molar-refractivity contribution < 1.29 is 23.9 Å². The Balaban J connectivity index is 1.29. The van der Waals surface area contributed by atoms with Crippen LogP contribution in [0.15, 0.2) is 48.5 Å². The number of esters is 2. The molecule has 1 N–H and O–H groups in total. The number of methoxy groups -OCH3 is 1. The number of aromatic nitrogens is 1. The maximum absolute atomic E-state index is 13.8. The fourth-order valence-electron chi connectivity index (χ4n) is 5.92. The summed E-state index contributed by atoms with van der Waals surface area (Å²) in [5.41, 5.74) is 6.41. The molecule has 0 bridgehead atoms. The van der Waals surface area contributed by atoms with Crippen molar-refractivity contribution in [3.8, 4) is 10.4 Å². The molecule has 1 amide bonds. The zero-order valence-corrected chi connectivity index (χ0v) is 25.0. The number of benzene rings is 2. The molecule has 6 rings (SSSR count). The first-order valence-electron chi connectivity index (χ1n) is 14.3. The summed E-state index contributed by atoms with van der Waals surface area (Å²) >= 11 is 1.35. The highest BCUT2D eigenvalue weighted by molar-refractivity contribution is 7.20. The number of carbonyl (C=O) groups excluding carboxylic acids is 3. The normalized spacial score (nSPS) is 15.0. The summed E-state index contributed by atoms with van der Waals surface area (Å²) in [4.78, 5) is 48.2. The first-order chi connectivity index (χ1) is 20.3. The van der Waals surface area contributed by atoms with Crippen LogP contribution in [0.2, 0.25) is 0 Å². The second kappa shape index (κ2) is 11.3. The number of fused-ring (bicyclic) bond motifs is 5. The van der Waals surface area contributed by atoms with Gasteiger partial charge in [-0.15, -0.1) is 11.3 Å². The zero-order chi connectivity index (χ0) is 29.5. The Hall–Kier alpha value is -4.08. The van der Waals surface area contributed by atoms with E-state index in [1.165, 1.54) is 24.0 Å². The number of rotatable bonds is 6. The standard InChI is InChI=1S/C33H33N3O5S/c1-18(2)36-16-15-26-24(17-36)27(22-11-7-8-12-25(22)34-26)33(39)41-19(3)30(37)35-31-28(32(38)40-4)23-14-13-20-9-5-6-10-21(20)29(23)42-31/h5-12,18-19H,13-17H2,1-4H3,(H,35,37). The summed E-state index contributed by atoms with van der Waals surface area (Å²) in [7, 11) is 1.33. The molecule has 2 aromatic heterocycles. The Labute approximate surface area is 248 Å². The molecular weight excluding hydrogens is 550 g/mol. The molecule has 1 aliphatic carbocycles. The number of nitrogens with one attached hydrogen (secondary N) is 1. The molecule has 8 nitrogen and oxygen atoms in total. The minimum absolute atomic E-state index is 0.311. The van der Waals surface area contributed by atoms with Gasteiger partial charge in [-0.1, -0.05) is 42.5 Å². The predicted molar refractivity (Wildman–Crippen MR) is 163 cm³/mol. The molecule has 0 spiro atoms. The molecule has 2 aliphatic rings. The molecule has 0 radical (unpaired) electrons. The van der Waals surface area contributed by atoms with Gasteiger partial charge in [-0.3, -0.25) is 14.7 Å². The van der Waals surface area contributed by atoms with Gasteiger partial charge in [-0.25, -0.2) is 9.59 Å². The number of carbonyl (C=O) groups is 3. The van der Waals surface area contributed by atoms with Crippen molar-refractivity contribution in [2.24, 2.45) is 0 Å². The SMILES string of the molecule is COC(=O)c1c(NC(=O)C(C)OC(=O)c2c3c(nc4ccccc24)CCN(C(C)C)C3)sc2c1CCc1ccccc1-2. The van der Waals surface area contributed by atoms with Crippen LogP contribution < -0.4 is 5.32 Å². The summed E-state index contributed by atoms with van der Waals surface area (Å²) in [6.07, 6.45) is 1.09. The van der Waals surface area contributed by atoms with E-state index in [1.807, 2.05) is 42.5 Å². The number of thiophene rings is 1. The molecule has 1 aliphatic heterocycles. The van der Waals surface area contributed by atoms with Crippen molar-refractivity contribution in [3.63, 3.8) is 0 Å². The minimum Gasteiger partial charge on any atom is -0.465 e. The van der Waals surface area contributed by atoms with Crippen LogP contribution in [-0.4, -0.2) is 53.5 Å². The van der Waals surface area contributed by atoms with Crippen LogP contribution in [0.4, 0.5) is 5.00 Å². The molecule has 2 aromatic carbocycles. The summed E-state index contributed by atoms with van der Waals surface area (Å²) < 4.78 is 10.9. The highest BCUT2D eigenvalue weighted by atomic mass is 32.1. The fourth-order valence-corrected chi connectivity index (χ4v) is 7.22. The second-order valence-electron chi connectivity index (χ2n) is 11.0. The second-order valence-corrected chi connectivity index (χ2v) is 12.1. The van der Waals surface area contributed by atoms with Crippen molar-refractivity contribution >= 4 is 45.1 Å². The number of hydrogen-bond donors (Lipinski definition) is 1. The van der Waals surface area contributed by atoms with E-state index in [-0.39, 0.29) is 0 Å². The number of ether oxygens (including phenoxy) is 2. The van der Waals surface area contributed by atoms with Crippen LogP contribution in [0.25, 0.3) is 21.3 Å². The summed E-state index contributed by atoms with van der Waals surface area (Å²) in [6.45, 7) is 7.26. The van der Waals surface area contributed by atoms with E-state index in [0.29, 0.717) is 40.5 Å². The lowest BCUT2D eigenvalue weighted by Gasteiger charge is -2.32. The van der Waals surface area contributed by atoms with E-state index in [2.05, 4.69) is 30.1 Å². The Bertz CT molecular complexity index is 1730. The third kappa shape index (κ3) is 4.97. The molecule has 216 valence electrons.